The highest BCUT2D eigenvalue weighted by molar-refractivity contribution is 5.95. The zero-order valence-corrected chi connectivity index (χ0v) is 13.6. The highest BCUT2D eigenvalue weighted by Crippen LogP contribution is 2.15. The number of anilines is 1. The maximum absolute atomic E-state index is 12.7. The minimum Gasteiger partial charge on any atom is -0.352 e. The normalized spacial score (nSPS) is 15.0. The number of nitrogens with zero attached hydrogens (tertiary/aromatic N) is 6. The van der Waals surface area contributed by atoms with E-state index >= 15 is 0 Å². The van der Waals surface area contributed by atoms with E-state index in [1.165, 1.54) is 0 Å². The van der Waals surface area contributed by atoms with Crippen molar-refractivity contribution >= 4 is 11.7 Å². The number of carbonyl (C=O) groups excluding carboxylic acids is 1. The summed E-state index contributed by atoms with van der Waals surface area (Å²) in [7, 11) is 0. The molecule has 23 heavy (non-hydrogen) atoms. The van der Waals surface area contributed by atoms with Gasteiger partial charge in [0.15, 0.2) is 0 Å². The van der Waals surface area contributed by atoms with E-state index in [2.05, 4.69) is 26.9 Å². The topological polar surface area (TPSA) is 67.2 Å². The van der Waals surface area contributed by atoms with Crippen molar-refractivity contribution in [3.05, 3.63) is 36.0 Å². The summed E-state index contributed by atoms with van der Waals surface area (Å²) in [4.78, 5) is 25.2. The fourth-order valence-corrected chi connectivity index (χ4v) is 2.86. The van der Waals surface area contributed by atoms with Gasteiger partial charge in [0.25, 0.3) is 5.91 Å². The van der Waals surface area contributed by atoms with Gasteiger partial charge in [0.1, 0.15) is 5.82 Å². The van der Waals surface area contributed by atoms with E-state index in [9.17, 15) is 4.79 Å². The fraction of sp³-hybridized carbons (Fsp3) is 0.500. The second kappa shape index (κ2) is 6.76. The molecule has 0 aliphatic carbocycles. The van der Waals surface area contributed by atoms with Crippen LogP contribution in [0.2, 0.25) is 0 Å². The molecule has 7 heteroatoms. The molecule has 0 aromatic carbocycles. The van der Waals surface area contributed by atoms with Crippen molar-refractivity contribution in [1.82, 2.24) is 24.6 Å². The van der Waals surface area contributed by atoms with Crippen LogP contribution in [0, 0.1) is 6.92 Å². The first-order valence-corrected chi connectivity index (χ1v) is 8.03. The Bertz CT molecular complexity index is 660. The van der Waals surface area contributed by atoms with Gasteiger partial charge in [-0.25, -0.2) is 4.98 Å². The highest BCUT2D eigenvalue weighted by Gasteiger charge is 2.25. The van der Waals surface area contributed by atoms with E-state index in [1.54, 1.807) is 24.8 Å². The Kier molecular flexibility index (Phi) is 4.55. The van der Waals surface area contributed by atoms with Crippen molar-refractivity contribution in [2.75, 3.05) is 31.1 Å². The van der Waals surface area contributed by atoms with E-state index < -0.39 is 0 Å². The van der Waals surface area contributed by atoms with Crippen LogP contribution in [-0.4, -0.2) is 56.7 Å². The SMILES string of the molecule is CCCn1ncc(C(=O)N2CCN(c3cnccn3)CC2)c1C. The molecule has 3 heterocycles. The molecule has 0 radical (unpaired) electrons. The molecule has 3 rings (SSSR count). The summed E-state index contributed by atoms with van der Waals surface area (Å²) in [6, 6.07) is 0. The molecule has 1 saturated heterocycles. The largest absolute Gasteiger partial charge is 0.352 e. The molecule has 2 aromatic rings. The van der Waals surface area contributed by atoms with Gasteiger partial charge in [-0.1, -0.05) is 6.92 Å². The Hall–Kier alpha value is -2.44. The number of aromatic nitrogens is 4. The monoisotopic (exact) mass is 314 g/mol. The maximum Gasteiger partial charge on any atom is 0.257 e. The summed E-state index contributed by atoms with van der Waals surface area (Å²) in [6.45, 7) is 7.83. The van der Waals surface area contributed by atoms with Gasteiger partial charge in [0, 0.05) is 50.8 Å². The molecule has 0 spiro atoms. The molecular formula is C16H22N6O. The number of aryl methyl sites for hydroxylation is 1. The van der Waals surface area contributed by atoms with Crippen LogP contribution in [0.15, 0.2) is 24.8 Å². The van der Waals surface area contributed by atoms with E-state index in [-0.39, 0.29) is 5.91 Å². The van der Waals surface area contributed by atoms with Crippen LogP contribution >= 0.6 is 0 Å². The molecule has 0 N–H and O–H groups in total. The lowest BCUT2D eigenvalue weighted by molar-refractivity contribution is 0.0745. The summed E-state index contributed by atoms with van der Waals surface area (Å²) in [5, 5.41) is 4.32. The van der Waals surface area contributed by atoms with Crippen LogP contribution in [0.1, 0.15) is 29.4 Å². The quantitative estimate of drug-likeness (QED) is 0.852. The van der Waals surface area contributed by atoms with Crippen LogP contribution in [-0.2, 0) is 6.54 Å². The van der Waals surface area contributed by atoms with E-state index in [1.807, 2.05) is 16.5 Å². The van der Waals surface area contributed by atoms with Gasteiger partial charge in [-0.15, -0.1) is 0 Å². The van der Waals surface area contributed by atoms with Crippen molar-refractivity contribution in [1.29, 1.82) is 0 Å². The van der Waals surface area contributed by atoms with Crippen LogP contribution in [0.3, 0.4) is 0 Å². The molecule has 1 amide bonds. The van der Waals surface area contributed by atoms with Crippen molar-refractivity contribution in [2.45, 2.75) is 26.8 Å². The Morgan fingerprint density at radius 2 is 1.96 bits per heavy atom. The lowest BCUT2D eigenvalue weighted by Gasteiger charge is -2.35. The Balaban J connectivity index is 1.64. The fourth-order valence-electron chi connectivity index (χ4n) is 2.86. The second-order valence-corrected chi connectivity index (χ2v) is 5.71. The molecule has 1 aliphatic rings. The van der Waals surface area contributed by atoms with Crippen LogP contribution in [0.25, 0.3) is 0 Å². The number of hydrogen-bond acceptors (Lipinski definition) is 5. The number of carbonyl (C=O) groups is 1. The summed E-state index contributed by atoms with van der Waals surface area (Å²) >= 11 is 0. The molecule has 0 atom stereocenters. The third-order valence-corrected chi connectivity index (χ3v) is 4.21. The van der Waals surface area contributed by atoms with Crippen LogP contribution in [0.5, 0.6) is 0 Å². The smallest absolute Gasteiger partial charge is 0.257 e. The van der Waals surface area contributed by atoms with Gasteiger partial charge in [-0.2, -0.15) is 5.10 Å². The molecule has 122 valence electrons. The van der Waals surface area contributed by atoms with Gasteiger partial charge < -0.3 is 9.80 Å². The number of piperazine rings is 1. The molecule has 1 fully saturated rings. The summed E-state index contributed by atoms with van der Waals surface area (Å²) in [5.41, 5.74) is 1.67. The van der Waals surface area contributed by atoms with E-state index in [4.69, 9.17) is 0 Å². The summed E-state index contributed by atoms with van der Waals surface area (Å²) < 4.78 is 1.91. The minimum absolute atomic E-state index is 0.0728. The predicted octanol–water partition coefficient (Wildman–Crippen LogP) is 1.35. The van der Waals surface area contributed by atoms with Crippen molar-refractivity contribution in [3.8, 4) is 0 Å². The van der Waals surface area contributed by atoms with Crippen molar-refractivity contribution < 1.29 is 4.79 Å². The summed E-state index contributed by atoms with van der Waals surface area (Å²) in [6.07, 6.45) is 7.82. The Morgan fingerprint density at radius 1 is 1.17 bits per heavy atom. The maximum atomic E-state index is 12.7. The van der Waals surface area contributed by atoms with Crippen LogP contribution < -0.4 is 4.90 Å². The predicted molar refractivity (Wildman–Crippen MR) is 87.4 cm³/mol. The zero-order chi connectivity index (χ0) is 16.2. The molecule has 0 saturated carbocycles. The van der Waals surface area contributed by atoms with Gasteiger partial charge in [0.05, 0.1) is 18.0 Å². The van der Waals surface area contributed by atoms with Gasteiger partial charge in [-0.05, 0) is 13.3 Å². The van der Waals surface area contributed by atoms with Crippen LogP contribution in [0.4, 0.5) is 5.82 Å². The standard InChI is InChI=1S/C16H22N6O/c1-3-6-22-13(2)14(11-19-22)16(23)21-9-7-20(8-10-21)15-12-17-4-5-18-15/h4-5,11-12H,3,6-10H2,1-2H3. The van der Waals surface area contributed by atoms with Gasteiger partial charge in [-0.3, -0.25) is 14.5 Å². The Morgan fingerprint density at radius 3 is 2.61 bits per heavy atom. The molecule has 0 unspecified atom stereocenters. The molecule has 0 bridgehead atoms. The number of rotatable bonds is 4. The zero-order valence-electron chi connectivity index (χ0n) is 13.6. The van der Waals surface area contributed by atoms with Gasteiger partial charge >= 0.3 is 0 Å². The minimum atomic E-state index is 0.0728. The van der Waals surface area contributed by atoms with E-state index in [0.717, 1.165) is 37.6 Å². The second-order valence-electron chi connectivity index (χ2n) is 5.71. The van der Waals surface area contributed by atoms with Crippen molar-refractivity contribution in [2.24, 2.45) is 0 Å². The van der Waals surface area contributed by atoms with Crippen molar-refractivity contribution in [3.63, 3.8) is 0 Å². The molecule has 2 aromatic heterocycles. The third kappa shape index (κ3) is 3.18. The third-order valence-electron chi connectivity index (χ3n) is 4.21. The Labute approximate surface area is 135 Å². The van der Waals surface area contributed by atoms with Gasteiger partial charge in [0.2, 0.25) is 0 Å². The molecule has 7 nitrogen and oxygen atoms in total. The summed E-state index contributed by atoms with van der Waals surface area (Å²) in [5.74, 6) is 0.940. The first-order chi connectivity index (χ1) is 11.2. The average molecular weight is 314 g/mol. The average Bonchev–Trinajstić information content (AvgIpc) is 2.96. The lowest BCUT2D eigenvalue weighted by atomic mass is 10.2. The lowest BCUT2D eigenvalue weighted by Crippen LogP contribution is -2.49. The van der Waals surface area contributed by atoms with E-state index in [0.29, 0.717) is 18.7 Å². The number of hydrogen-bond donors (Lipinski definition) is 0. The molecular weight excluding hydrogens is 292 g/mol. The highest BCUT2D eigenvalue weighted by atomic mass is 16.2. The first kappa shape index (κ1) is 15.5. The molecule has 1 aliphatic heterocycles. The first-order valence-electron chi connectivity index (χ1n) is 8.03. The number of amides is 1.